The smallest absolute Gasteiger partial charge is 0.322 e. The molecule has 2 aliphatic heterocycles. The maximum Gasteiger partial charge on any atom is 0.322 e. The van der Waals surface area contributed by atoms with E-state index in [1.807, 2.05) is 0 Å². The van der Waals surface area contributed by atoms with Crippen LogP contribution in [0.5, 0.6) is 0 Å². The third kappa shape index (κ3) is 19.0. The van der Waals surface area contributed by atoms with Crippen molar-refractivity contribution in [3.63, 3.8) is 0 Å². The molecular weight excluding hydrogens is 995 g/mol. The molecule has 1 unspecified atom stereocenters. The summed E-state index contributed by atoms with van der Waals surface area (Å²) in [6, 6.07) is -12.3. The van der Waals surface area contributed by atoms with E-state index in [-0.39, 0.29) is 70.9 Å². The summed E-state index contributed by atoms with van der Waals surface area (Å²) in [6.07, 6.45) is 3.03. The molecular formula is C41H67N13O16S2. The van der Waals surface area contributed by atoms with E-state index in [0.717, 1.165) is 4.90 Å². The molecule has 0 radical (unpaired) electrons. The third-order valence-corrected chi connectivity index (χ3v) is 15.0. The largest absolute Gasteiger partial charge is 0.480 e. The second-order valence-electron chi connectivity index (χ2n) is 16.9. The average molecular weight is 1060 g/mol. The Balaban J connectivity index is 2.08. The number of imidazole rings is 1. The Bertz CT molecular complexity index is 2050. The van der Waals surface area contributed by atoms with Crippen LogP contribution in [0.15, 0.2) is 12.5 Å². The van der Waals surface area contributed by atoms with Crippen molar-refractivity contribution in [3.05, 3.63) is 18.2 Å². The Kier molecular flexibility index (Phi) is 26.0. The summed E-state index contributed by atoms with van der Waals surface area (Å²) in [6.45, 7) is -3.41. The van der Waals surface area contributed by atoms with Crippen molar-refractivity contribution in [3.8, 4) is 0 Å². The molecule has 0 spiro atoms. The van der Waals surface area contributed by atoms with E-state index >= 15 is 0 Å². The van der Waals surface area contributed by atoms with Gasteiger partial charge < -0.3 is 89.4 Å². The molecule has 0 bridgehead atoms. The monoisotopic (exact) mass is 1060 g/mol. The number of nitrogens with zero attached hydrogens (tertiary/aromatic N) is 2. The normalized spacial score (nSPS) is 27.7. The number of aromatic nitrogens is 2. The van der Waals surface area contributed by atoms with Crippen LogP contribution in [0.2, 0.25) is 0 Å². The SMILES string of the molecule is C[C@H](N)C(=O)N[C@@H]1CCCC[C@H](C(=O)NCC(=O)O)NC(=O)[C@H](Cc2cnc[nH]2)NC(=O)[C@H](CCCCN)NC(=O)[C@H](CO)SS(=O)[C@H]2CCCN2C(=O)[C@H](CO)NC(=O)[C@H](CO)NC(=O)[C@@H](CO)NC1=O. The molecule has 72 heavy (non-hydrogen) atoms. The second-order valence-corrected chi connectivity index (χ2v) is 20.3. The Morgan fingerprint density at radius 3 is 1.94 bits per heavy atom. The van der Waals surface area contributed by atoms with Crippen molar-refractivity contribution < 1.29 is 77.7 Å². The number of hydrogen-bond donors (Lipinski definition) is 16. The minimum atomic E-state index is -2.17. The van der Waals surface area contributed by atoms with Gasteiger partial charge in [0.25, 0.3) is 0 Å². The van der Waals surface area contributed by atoms with E-state index in [1.165, 1.54) is 19.4 Å². The number of unbranched alkanes of at least 4 members (excludes halogenated alkanes) is 1. The molecule has 3 heterocycles. The summed E-state index contributed by atoms with van der Waals surface area (Å²) in [5.41, 5.74) is 11.8. The summed E-state index contributed by atoms with van der Waals surface area (Å²) in [5, 5.41) is 66.3. The first-order valence-corrected chi connectivity index (χ1v) is 25.8. The number of aliphatic carboxylic acids is 1. The zero-order chi connectivity index (χ0) is 53.5. The molecule has 2 fully saturated rings. The molecule has 0 aliphatic carbocycles. The van der Waals surface area contributed by atoms with Gasteiger partial charge in [-0.3, -0.25) is 47.9 Å². The Hall–Kier alpha value is -5.83. The van der Waals surface area contributed by atoms with Gasteiger partial charge in [-0.1, -0.05) is 12.8 Å². The first-order valence-electron chi connectivity index (χ1n) is 23.1. The molecule has 1 aromatic rings. The summed E-state index contributed by atoms with van der Waals surface area (Å²) < 4.78 is 13.9. The average Bonchev–Trinajstić information content (AvgIpc) is 4.07. The zero-order valence-corrected chi connectivity index (χ0v) is 41.2. The van der Waals surface area contributed by atoms with Crippen LogP contribution in [-0.2, 0) is 64.2 Å². The van der Waals surface area contributed by atoms with E-state index in [1.54, 1.807) is 0 Å². The molecule has 2 saturated heterocycles. The lowest BCUT2D eigenvalue weighted by Crippen LogP contribution is -2.61. The van der Waals surface area contributed by atoms with E-state index in [4.69, 9.17) is 11.5 Å². The second kappa shape index (κ2) is 30.9. The topological polar surface area (TPSA) is 469 Å². The van der Waals surface area contributed by atoms with Crippen molar-refractivity contribution >= 4 is 79.8 Å². The van der Waals surface area contributed by atoms with Crippen LogP contribution in [0.1, 0.15) is 70.4 Å². The van der Waals surface area contributed by atoms with Crippen LogP contribution >= 0.6 is 10.8 Å². The standard InChI is InChI=1S/C41H67N13O16S2/c1-21(43)33(61)47-24-8-3-2-7-23(34(62)45-15-32(59)60)48-37(65)26(13-22-14-44-20-46-22)50-35(63)25(9-4-5-11-42)49-40(68)30(19-58)71-72(70)31-10-6-12-54(31)41(69)29(18-57)53-39(67)28(17-56)52-38(66)27(16-55)51-36(24)64/h14,20-21,23-31,55-58H,2-13,15-19,42-43H2,1H3,(H,44,46)(H,45,62)(H,47,61)(H,48,65)(H,49,68)(H,50,63)(H,51,64)(H,52,66)(H,53,67)(H,59,60)/t21-,23+,24+,25-,26-,27+,28-,29-,30-,31-,72?/m0/s1. The number of carboxylic acid groups (broad SMARTS) is 1. The van der Waals surface area contributed by atoms with E-state index in [2.05, 4.69) is 52.5 Å². The molecule has 18 N–H and O–H groups in total. The molecule has 11 atom stereocenters. The van der Waals surface area contributed by atoms with Gasteiger partial charge in [-0.25, -0.2) is 9.19 Å². The van der Waals surface area contributed by atoms with Crippen molar-refractivity contribution in [1.29, 1.82) is 0 Å². The van der Waals surface area contributed by atoms with Crippen LogP contribution in [0.3, 0.4) is 0 Å². The minimum Gasteiger partial charge on any atom is -0.480 e. The van der Waals surface area contributed by atoms with Gasteiger partial charge in [0.05, 0.1) is 38.8 Å². The highest BCUT2D eigenvalue weighted by Crippen LogP contribution is 2.29. The van der Waals surface area contributed by atoms with Gasteiger partial charge in [-0.15, -0.1) is 0 Å². The number of nitrogens with two attached hydrogens (primary N) is 2. The predicted molar refractivity (Wildman–Crippen MR) is 254 cm³/mol. The van der Waals surface area contributed by atoms with Gasteiger partial charge in [-0.05, 0) is 69.2 Å². The van der Waals surface area contributed by atoms with E-state index < -0.39 is 161 Å². The molecule has 3 rings (SSSR count). The summed E-state index contributed by atoms with van der Waals surface area (Å²) in [5.74, 6) is -10.3. The fraction of sp³-hybridized carbons (Fsp3) is 0.683. The summed E-state index contributed by atoms with van der Waals surface area (Å²) in [4.78, 5) is 142. The van der Waals surface area contributed by atoms with Crippen LogP contribution in [-0.4, -0.2) is 209 Å². The first kappa shape index (κ1) is 60.5. The van der Waals surface area contributed by atoms with Crippen LogP contribution < -0.4 is 54.0 Å². The van der Waals surface area contributed by atoms with E-state index in [9.17, 15) is 77.7 Å². The number of aliphatic hydroxyl groups is 4. The molecule has 31 heteroatoms. The number of carboxylic acids is 1. The number of nitrogens with one attached hydrogen (secondary N) is 9. The Morgan fingerprint density at radius 1 is 0.778 bits per heavy atom. The fourth-order valence-corrected chi connectivity index (χ4v) is 10.8. The van der Waals surface area contributed by atoms with E-state index in [0.29, 0.717) is 22.9 Å². The third-order valence-electron chi connectivity index (χ3n) is 11.3. The van der Waals surface area contributed by atoms with Gasteiger partial charge in [0, 0.05) is 24.9 Å². The lowest BCUT2D eigenvalue weighted by atomic mass is 10.0. The molecule has 29 nitrogen and oxygen atoms in total. The maximum absolute atomic E-state index is 14.1. The Labute approximate surface area is 419 Å². The van der Waals surface area contributed by atoms with Crippen molar-refractivity contribution in [2.24, 2.45) is 11.5 Å². The van der Waals surface area contributed by atoms with Gasteiger partial charge in [0.15, 0.2) is 0 Å². The number of amides is 9. The number of aromatic amines is 1. The molecule has 2 aliphatic rings. The highest BCUT2D eigenvalue weighted by atomic mass is 33.1. The van der Waals surface area contributed by atoms with Crippen LogP contribution in [0, 0.1) is 0 Å². The Morgan fingerprint density at radius 2 is 1.36 bits per heavy atom. The quantitative estimate of drug-likeness (QED) is 0.0573. The van der Waals surface area contributed by atoms with Gasteiger partial charge in [0.1, 0.15) is 69.3 Å². The number of carbonyl (C=O) groups excluding carboxylic acids is 9. The minimum absolute atomic E-state index is 0.000754. The van der Waals surface area contributed by atoms with Gasteiger partial charge >= 0.3 is 5.97 Å². The lowest BCUT2D eigenvalue weighted by molar-refractivity contribution is -0.139. The molecule has 9 amide bonds. The van der Waals surface area contributed by atoms with Crippen LogP contribution in [0.4, 0.5) is 0 Å². The summed E-state index contributed by atoms with van der Waals surface area (Å²) >= 11 is 0. The summed E-state index contributed by atoms with van der Waals surface area (Å²) in [7, 11) is -1.70. The molecule has 404 valence electrons. The highest BCUT2D eigenvalue weighted by Gasteiger charge is 2.40. The maximum atomic E-state index is 14.1. The number of fused-ring (bicyclic) bond motifs is 1. The molecule has 0 aromatic carbocycles. The fourth-order valence-electron chi connectivity index (χ4n) is 7.33. The number of aliphatic hydroxyl groups excluding tert-OH is 4. The zero-order valence-electron chi connectivity index (χ0n) is 39.5. The first-order chi connectivity index (χ1) is 34.3. The lowest BCUT2D eigenvalue weighted by Gasteiger charge is -2.29. The van der Waals surface area contributed by atoms with Crippen molar-refractivity contribution in [1.82, 2.24) is 57.4 Å². The number of rotatable bonds is 15. The predicted octanol–water partition coefficient (Wildman–Crippen LogP) is -7.72. The van der Waals surface area contributed by atoms with Gasteiger partial charge in [-0.2, -0.15) is 0 Å². The number of carbonyl (C=O) groups is 10. The number of H-pyrrole nitrogens is 1. The van der Waals surface area contributed by atoms with Crippen molar-refractivity contribution in [2.45, 2.75) is 130 Å². The highest BCUT2D eigenvalue weighted by molar-refractivity contribution is 8.69. The number of hydrogen-bond acceptors (Lipinski definition) is 19. The molecule has 0 saturated carbocycles. The van der Waals surface area contributed by atoms with Crippen LogP contribution in [0.25, 0.3) is 0 Å². The molecule has 1 aromatic heterocycles. The van der Waals surface area contributed by atoms with Crippen molar-refractivity contribution in [2.75, 3.05) is 46.1 Å². The van der Waals surface area contributed by atoms with Gasteiger partial charge in [0.2, 0.25) is 53.2 Å².